The Balaban J connectivity index is 1.73. The van der Waals surface area contributed by atoms with Crippen LogP contribution in [0.4, 0.5) is 22.0 Å². The van der Waals surface area contributed by atoms with Gasteiger partial charge in [0.15, 0.2) is 11.5 Å². The fourth-order valence-electron chi connectivity index (χ4n) is 4.72. The summed E-state index contributed by atoms with van der Waals surface area (Å²) in [5, 5.41) is 2.83. The number of hydrogen-bond acceptors (Lipinski definition) is 4. The fraction of sp³-hybridized carbons (Fsp3) is 0.609. The molecule has 3 heterocycles. The molecule has 0 aromatic carbocycles. The Hall–Kier alpha value is -2.56. The summed E-state index contributed by atoms with van der Waals surface area (Å²) < 4.78 is 75.2. The van der Waals surface area contributed by atoms with Crippen molar-refractivity contribution >= 4 is 17.3 Å². The molecule has 1 aliphatic heterocycles. The Morgan fingerprint density at radius 2 is 1.79 bits per heavy atom. The van der Waals surface area contributed by atoms with Gasteiger partial charge >= 0.3 is 6.18 Å². The van der Waals surface area contributed by atoms with Crippen LogP contribution in [0.15, 0.2) is 12.1 Å². The first-order valence-corrected chi connectivity index (χ1v) is 11.3. The molecule has 1 saturated heterocycles. The number of ether oxygens (including phenoxy) is 1. The van der Waals surface area contributed by atoms with E-state index in [1.165, 1.54) is 19.1 Å². The van der Waals surface area contributed by atoms with Gasteiger partial charge in [-0.3, -0.25) is 14.0 Å². The molecule has 0 atom stereocenters. The molecule has 0 spiro atoms. The number of nitrogens with zero attached hydrogens (tertiary/aromatic N) is 2. The second kappa shape index (κ2) is 9.24. The number of Topliss-reactive ketones (excluding diaryl/α,β-unsaturated/α-hetero) is 1. The zero-order chi connectivity index (χ0) is 24.7. The number of hydrogen-bond donors (Lipinski definition) is 1. The van der Waals surface area contributed by atoms with E-state index in [1.807, 2.05) is 0 Å². The van der Waals surface area contributed by atoms with Gasteiger partial charge in [0.25, 0.3) is 5.91 Å². The number of alkyl halides is 5. The Morgan fingerprint density at radius 1 is 1.15 bits per heavy atom. The topological polar surface area (TPSA) is 72.7 Å². The number of nitrogens with one attached hydrogen (secondary N) is 1. The van der Waals surface area contributed by atoms with E-state index in [-0.39, 0.29) is 60.7 Å². The minimum Gasteiger partial charge on any atom is -0.381 e. The molecule has 4 rings (SSSR count). The number of imidazole rings is 1. The van der Waals surface area contributed by atoms with Crippen molar-refractivity contribution < 1.29 is 36.3 Å². The smallest absolute Gasteiger partial charge is 0.381 e. The van der Waals surface area contributed by atoms with Crippen LogP contribution in [0, 0.1) is 5.92 Å². The summed E-state index contributed by atoms with van der Waals surface area (Å²) in [5.41, 5.74) is -1.64. The lowest BCUT2D eigenvalue weighted by molar-refractivity contribution is -0.141. The van der Waals surface area contributed by atoms with E-state index in [9.17, 15) is 31.5 Å². The van der Waals surface area contributed by atoms with Crippen LogP contribution in [0.25, 0.3) is 5.65 Å². The first kappa shape index (κ1) is 24.6. The zero-order valence-electron chi connectivity index (χ0n) is 18.7. The maximum absolute atomic E-state index is 13.9. The Bertz CT molecular complexity index is 1080. The Morgan fingerprint density at radius 3 is 2.38 bits per heavy atom. The quantitative estimate of drug-likeness (QED) is 0.484. The molecule has 0 radical (unpaired) electrons. The predicted molar refractivity (Wildman–Crippen MR) is 112 cm³/mol. The lowest BCUT2D eigenvalue weighted by Gasteiger charge is -2.28. The van der Waals surface area contributed by atoms with E-state index in [2.05, 4.69) is 10.3 Å². The van der Waals surface area contributed by atoms with E-state index in [0.29, 0.717) is 26.1 Å². The summed E-state index contributed by atoms with van der Waals surface area (Å²) in [6, 6.07) is 2.36. The largest absolute Gasteiger partial charge is 0.435 e. The molecule has 11 heteroatoms. The van der Waals surface area contributed by atoms with Crippen molar-refractivity contribution in [1.29, 1.82) is 0 Å². The van der Waals surface area contributed by atoms with Gasteiger partial charge < -0.3 is 10.1 Å². The summed E-state index contributed by atoms with van der Waals surface area (Å²) in [7, 11) is 0. The molecule has 0 unspecified atom stereocenters. The lowest BCUT2D eigenvalue weighted by atomic mass is 9.83. The third kappa shape index (κ3) is 5.24. The maximum atomic E-state index is 13.9. The van der Waals surface area contributed by atoms with Crippen molar-refractivity contribution in [3.05, 3.63) is 34.8 Å². The average Bonchev–Trinajstić information content (AvgIpc) is 3.14. The van der Waals surface area contributed by atoms with Crippen LogP contribution < -0.4 is 5.32 Å². The highest BCUT2D eigenvalue weighted by Gasteiger charge is 2.41. The van der Waals surface area contributed by atoms with Gasteiger partial charge in [0.05, 0.1) is 11.4 Å². The number of halogens is 5. The molecule has 34 heavy (non-hydrogen) atoms. The molecule has 6 nitrogen and oxygen atoms in total. The predicted octanol–water partition coefficient (Wildman–Crippen LogP) is 4.83. The molecule has 186 valence electrons. The van der Waals surface area contributed by atoms with Crippen molar-refractivity contribution in [3.63, 3.8) is 0 Å². The van der Waals surface area contributed by atoms with Crippen LogP contribution in [0.5, 0.6) is 0 Å². The van der Waals surface area contributed by atoms with Gasteiger partial charge in [-0.1, -0.05) is 0 Å². The number of carbonyl (C=O) groups is 2. The highest BCUT2D eigenvalue weighted by Crippen LogP contribution is 2.40. The molecule has 1 amide bonds. The lowest BCUT2D eigenvalue weighted by Crippen LogP contribution is -2.39. The van der Waals surface area contributed by atoms with E-state index in [0.717, 1.165) is 4.40 Å². The molecule has 1 aliphatic carbocycles. The van der Waals surface area contributed by atoms with Gasteiger partial charge in [0.2, 0.25) is 5.92 Å². The molecule has 2 aromatic heterocycles. The summed E-state index contributed by atoms with van der Waals surface area (Å²) >= 11 is 0. The number of pyridine rings is 1. The second-order valence-electron chi connectivity index (χ2n) is 9.15. The normalized spacial score (nSPS) is 19.9. The molecule has 1 saturated carbocycles. The number of fused-ring (bicyclic) bond motifs is 1. The first-order chi connectivity index (χ1) is 15.9. The number of ketones is 1. The number of carbonyl (C=O) groups excluding carboxylic acids is 2. The van der Waals surface area contributed by atoms with Crippen LogP contribution >= 0.6 is 0 Å². The summed E-state index contributed by atoms with van der Waals surface area (Å²) in [5.74, 6) is -4.24. The van der Waals surface area contributed by atoms with E-state index < -0.39 is 35.4 Å². The van der Waals surface area contributed by atoms with Gasteiger partial charge in [-0.2, -0.15) is 13.2 Å². The van der Waals surface area contributed by atoms with E-state index in [1.54, 1.807) is 0 Å². The summed E-state index contributed by atoms with van der Waals surface area (Å²) in [6.45, 7) is 2.19. The Labute approximate surface area is 192 Å². The molecule has 0 bridgehead atoms. The van der Waals surface area contributed by atoms with Crippen molar-refractivity contribution in [1.82, 2.24) is 14.7 Å². The monoisotopic (exact) mass is 487 g/mol. The Kier molecular flexibility index (Phi) is 6.67. The van der Waals surface area contributed by atoms with Gasteiger partial charge in [-0.05, 0) is 50.2 Å². The van der Waals surface area contributed by atoms with Gasteiger partial charge in [-0.25, -0.2) is 13.8 Å². The van der Waals surface area contributed by atoms with E-state index >= 15 is 0 Å². The van der Waals surface area contributed by atoms with Crippen LogP contribution in [0.2, 0.25) is 0 Å². The van der Waals surface area contributed by atoms with Gasteiger partial charge in [-0.15, -0.1) is 0 Å². The van der Waals surface area contributed by atoms with Crippen LogP contribution in [-0.4, -0.2) is 46.3 Å². The maximum Gasteiger partial charge on any atom is 0.435 e. The number of aromatic nitrogens is 2. The van der Waals surface area contributed by atoms with Crippen molar-refractivity contribution in [3.8, 4) is 0 Å². The SMILES string of the molecule is CC(=O)c1cc(C(=O)NC2CCOCC2)cc2nc(C(F)(F)F)c(CC3CCC(F)(F)CC3)n12. The van der Waals surface area contributed by atoms with Gasteiger partial charge in [0.1, 0.15) is 5.65 Å². The second-order valence-corrected chi connectivity index (χ2v) is 9.15. The molecule has 2 aromatic rings. The highest BCUT2D eigenvalue weighted by atomic mass is 19.4. The molecular formula is C23H26F5N3O3. The molecule has 1 N–H and O–H groups in total. The van der Waals surface area contributed by atoms with Crippen LogP contribution in [0.3, 0.4) is 0 Å². The van der Waals surface area contributed by atoms with Crippen molar-refractivity contribution in [2.75, 3.05) is 13.2 Å². The van der Waals surface area contributed by atoms with E-state index in [4.69, 9.17) is 4.74 Å². The third-order valence-electron chi connectivity index (χ3n) is 6.58. The van der Waals surface area contributed by atoms with Crippen LogP contribution in [0.1, 0.15) is 77.7 Å². The zero-order valence-corrected chi connectivity index (χ0v) is 18.7. The minimum atomic E-state index is -4.81. The minimum absolute atomic E-state index is 0.0341. The first-order valence-electron chi connectivity index (χ1n) is 11.3. The van der Waals surface area contributed by atoms with Crippen molar-refractivity contribution in [2.45, 2.75) is 70.0 Å². The molecule has 2 aliphatic rings. The molecular weight excluding hydrogens is 461 g/mol. The molecule has 2 fully saturated rings. The average molecular weight is 487 g/mol. The summed E-state index contributed by atoms with van der Waals surface area (Å²) in [4.78, 5) is 29.0. The highest BCUT2D eigenvalue weighted by molar-refractivity contribution is 6.00. The van der Waals surface area contributed by atoms with Crippen LogP contribution in [-0.2, 0) is 17.3 Å². The standard InChI is InChI=1S/C23H26F5N3O3/c1-13(32)17-11-15(21(33)29-16-4-8-34-9-5-16)12-19-30-20(23(26,27)28)18(31(17)19)10-14-2-6-22(24,25)7-3-14/h11-12,14,16H,2-10H2,1H3,(H,29,33). The fourth-order valence-corrected chi connectivity index (χ4v) is 4.72. The number of rotatable bonds is 5. The van der Waals surface area contributed by atoms with Crippen molar-refractivity contribution in [2.24, 2.45) is 5.92 Å². The number of amides is 1. The van der Waals surface area contributed by atoms with Gasteiger partial charge in [0, 0.05) is 44.6 Å². The summed E-state index contributed by atoms with van der Waals surface area (Å²) in [6.07, 6.45) is -4.33. The third-order valence-corrected chi connectivity index (χ3v) is 6.58.